The van der Waals surface area contributed by atoms with Crippen molar-refractivity contribution in [2.45, 2.75) is 57.8 Å². The van der Waals surface area contributed by atoms with Crippen LogP contribution in [0.2, 0.25) is 0 Å². The highest BCUT2D eigenvalue weighted by atomic mass is 19.2. The van der Waals surface area contributed by atoms with Crippen LogP contribution >= 0.6 is 0 Å². The summed E-state index contributed by atoms with van der Waals surface area (Å²) in [5.74, 6) is -6.57. The smallest absolute Gasteiger partial charge is 0.167 e. The minimum absolute atomic E-state index is 0.0446. The number of rotatable bonds is 8. The fourth-order valence-corrected chi connectivity index (χ4v) is 4.87. The Labute approximate surface area is 216 Å². The quantitative estimate of drug-likeness (QED) is 0.215. The van der Waals surface area contributed by atoms with Crippen molar-refractivity contribution in [1.29, 1.82) is 0 Å². The Bertz CT molecular complexity index is 1400. The molecular formula is C30H26F6O2. The second kappa shape index (κ2) is 10.9. The number of halogens is 6. The Balaban J connectivity index is 1.26. The van der Waals surface area contributed by atoms with Gasteiger partial charge in [-0.25, -0.2) is 26.3 Å². The van der Waals surface area contributed by atoms with E-state index in [0.717, 1.165) is 0 Å². The average molecular weight is 533 g/mol. The molecule has 0 bridgehead atoms. The predicted molar refractivity (Wildman–Crippen MR) is 131 cm³/mol. The second-order valence-corrected chi connectivity index (χ2v) is 9.64. The highest BCUT2D eigenvalue weighted by molar-refractivity contribution is 5.68. The first kappa shape index (κ1) is 26.5. The van der Waals surface area contributed by atoms with Gasteiger partial charge in [0.2, 0.25) is 0 Å². The van der Waals surface area contributed by atoms with Gasteiger partial charge in [0.1, 0.15) is 6.10 Å². The molecule has 3 aromatic rings. The van der Waals surface area contributed by atoms with Gasteiger partial charge in [-0.3, -0.25) is 0 Å². The second-order valence-electron chi connectivity index (χ2n) is 9.64. The van der Waals surface area contributed by atoms with Crippen LogP contribution in [0.4, 0.5) is 26.3 Å². The molecule has 2 nitrogen and oxygen atoms in total. The molecule has 200 valence electrons. The maximum atomic E-state index is 14.9. The molecule has 8 heteroatoms. The van der Waals surface area contributed by atoms with E-state index in [4.69, 9.17) is 9.47 Å². The molecule has 3 aromatic carbocycles. The molecule has 38 heavy (non-hydrogen) atoms. The topological polar surface area (TPSA) is 21.8 Å². The van der Waals surface area contributed by atoms with Crippen molar-refractivity contribution in [3.05, 3.63) is 99.6 Å². The highest BCUT2D eigenvalue weighted by Crippen LogP contribution is 2.37. The fourth-order valence-electron chi connectivity index (χ4n) is 4.87. The fraction of sp³-hybridized carbons (Fsp3) is 0.333. The normalized spacial score (nSPS) is 19.0. The van der Waals surface area contributed by atoms with Gasteiger partial charge >= 0.3 is 0 Å². The van der Waals surface area contributed by atoms with E-state index in [2.05, 4.69) is 0 Å². The van der Waals surface area contributed by atoms with Gasteiger partial charge in [-0.05, 0) is 36.8 Å². The van der Waals surface area contributed by atoms with Gasteiger partial charge in [0.05, 0.1) is 19.3 Å². The summed E-state index contributed by atoms with van der Waals surface area (Å²) in [6, 6.07) is 8.20. The molecule has 0 amide bonds. The number of allylic oxidation sites excluding steroid dienone is 1. The average Bonchev–Trinajstić information content (AvgIpc) is 3.76. The van der Waals surface area contributed by atoms with E-state index in [9.17, 15) is 26.3 Å². The first-order valence-corrected chi connectivity index (χ1v) is 12.6. The minimum Gasteiger partial charge on any atom is -0.373 e. The number of ether oxygens (including phenoxy) is 2. The van der Waals surface area contributed by atoms with Crippen molar-refractivity contribution in [1.82, 2.24) is 0 Å². The van der Waals surface area contributed by atoms with Crippen molar-refractivity contribution < 1.29 is 35.8 Å². The van der Waals surface area contributed by atoms with Crippen LogP contribution in [0.3, 0.4) is 0 Å². The monoisotopic (exact) mass is 532 g/mol. The molecule has 5 rings (SSSR count). The van der Waals surface area contributed by atoms with Crippen molar-refractivity contribution in [2.75, 3.05) is 6.61 Å². The molecule has 0 aromatic heterocycles. The summed E-state index contributed by atoms with van der Waals surface area (Å²) >= 11 is 0. The number of hydrogen-bond acceptors (Lipinski definition) is 2. The first-order valence-electron chi connectivity index (χ1n) is 12.6. The summed E-state index contributed by atoms with van der Waals surface area (Å²) in [5.41, 5.74) is 0.463. The van der Waals surface area contributed by atoms with Crippen LogP contribution < -0.4 is 0 Å². The number of aryl methyl sites for hydroxylation is 1. The van der Waals surface area contributed by atoms with Crippen LogP contribution in [-0.2, 0) is 22.5 Å². The molecule has 1 heterocycles. The molecule has 1 saturated heterocycles. The number of epoxide rings is 1. The third kappa shape index (κ3) is 5.12. The maximum absolute atomic E-state index is 14.9. The highest BCUT2D eigenvalue weighted by Gasteiger charge is 2.31. The summed E-state index contributed by atoms with van der Waals surface area (Å²) < 4.78 is 98.4. The van der Waals surface area contributed by atoms with E-state index in [1.165, 1.54) is 24.3 Å². The lowest BCUT2D eigenvalue weighted by molar-refractivity contribution is 0.0342. The van der Waals surface area contributed by atoms with Crippen LogP contribution in [-0.4, -0.2) is 12.7 Å². The maximum Gasteiger partial charge on any atom is 0.167 e. The summed E-state index contributed by atoms with van der Waals surface area (Å²) in [7, 11) is 0. The van der Waals surface area contributed by atoms with E-state index in [0.29, 0.717) is 43.2 Å². The Kier molecular flexibility index (Phi) is 7.63. The van der Waals surface area contributed by atoms with Crippen molar-refractivity contribution in [2.24, 2.45) is 0 Å². The molecule has 2 aliphatic rings. The molecule has 0 spiro atoms. The molecule has 0 N–H and O–H groups in total. The van der Waals surface area contributed by atoms with Crippen molar-refractivity contribution >= 4 is 5.57 Å². The van der Waals surface area contributed by atoms with E-state index in [-0.39, 0.29) is 41.6 Å². The Hall–Kier alpha value is -3.10. The van der Waals surface area contributed by atoms with Crippen LogP contribution in [0.1, 0.15) is 61.0 Å². The van der Waals surface area contributed by atoms with E-state index < -0.39 is 46.6 Å². The third-order valence-electron chi connectivity index (χ3n) is 7.11. The van der Waals surface area contributed by atoms with Gasteiger partial charge in [-0.15, -0.1) is 0 Å². The molecule has 1 fully saturated rings. The zero-order valence-electron chi connectivity index (χ0n) is 20.7. The lowest BCUT2D eigenvalue weighted by Crippen LogP contribution is -2.16. The standard InChI is InChI=1S/C30H26F6O2/c1-2-3-17-6-10-20(27(33)25(17)31)16-4-8-19(9-5-16)37-14-18-7-11-21(28(34)26(18)32)22-12-13-23(24-15-38-24)30(36)29(22)35/h4,6-7,10-13,19,24H,2-3,5,8-9,14-15H2,1H3. The van der Waals surface area contributed by atoms with Gasteiger partial charge in [-0.2, -0.15) is 0 Å². The molecule has 1 aliphatic carbocycles. The van der Waals surface area contributed by atoms with Crippen LogP contribution in [0.25, 0.3) is 16.7 Å². The van der Waals surface area contributed by atoms with Gasteiger partial charge in [0.25, 0.3) is 0 Å². The molecule has 2 atom stereocenters. The van der Waals surface area contributed by atoms with Gasteiger partial charge in [-0.1, -0.05) is 55.8 Å². The lowest BCUT2D eigenvalue weighted by atomic mass is 9.90. The zero-order chi connectivity index (χ0) is 27.0. The summed E-state index contributed by atoms with van der Waals surface area (Å²) in [4.78, 5) is 0. The summed E-state index contributed by atoms with van der Waals surface area (Å²) in [6.07, 6.45) is 3.45. The third-order valence-corrected chi connectivity index (χ3v) is 7.11. The molecule has 0 saturated carbocycles. The number of hydrogen-bond donors (Lipinski definition) is 0. The largest absolute Gasteiger partial charge is 0.373 e. The Morgan fingerprint density at radius 3 is 2.03 bits per heavy atom. The van der Waals surface area contributed by atoms with E-state index in [1.807, 2.05) is 6.92 Å². The Morgan fingerprint density at radius 1 is 0.763 bits per heavy atom. The van der Waals surface area contributed by atoms with Crippen LogP contribution in [0.15, 0.2) is 42.5 Å². The SMILES string of the molecule is CCCc1ccc(C2=CCC(OCc3ccc(-c4ccc(C5CO5)c(F)c4F)c(F)c3F)CC2)c(F)c1F. The van der Waals surface area contributed by atoms with E-state index in [1.54, 1.807) is 18.2 Å². The Morgan fingerprint density at radius 2 is 1.37 bits per heavy atom. The van der Waals surface area contributed by atoms with Crippen LogP contribution in [0, 0.1) is 34.9 Å². The van der Waals surface area contributed by atoms with Crippen molar-refractivity contribution in [3.63, 3.8) is 0 Å². The summed E-state index contributed by atoms with van der Waals surface area (Å²) in [6.45, 7) is 1.95. The molecule has 1 aliphatic heterocycles. The number of benzene rings is 3. The van der Waals surface area contributed by atoms with E-state index >= 15 is 0 Å². The minimum atomic E-state index is -1.30. The van der Waals surface area contributed by atoms with Gasteiger partial charge in [0.15, 0.2) is 34.9 Å². The first-order chi connectivity index (χ1) is 18.3. The molecule has 2 unspecified atom stereocenters. The van der Waals surface area contributed by atoms with Gasteiger partial charge in [0, 0.05) is 27.8 Å². The molecule has 0 radical (unpaired) electrons. The van der Waals surface area contributed by atoms with Gasteiger partial charge < -0.3 is 9.47 Å². The molecular weight excluding hydrogens is 506 g/mol. The zero-order valence-corrected chi connectivity index (χ0v) is 20.7. The van der Waals surface area contributed by atoms with Crippen LogP contribution in [0.5, 0.6) is 0 Å². The predicted octanol–water partition coefficient (Wildman–Crippen LogP) is 8.36. The van der Waals surface area contributed by atoms with Crippen molar-refractivity contribution in [3.8, 4) is 11.1 Å². The summed E-state index contributed by atoms with van der Waals surface area (Å²) in [5, 5.41) is 0. The lowest BCUT2D eigenvalue weighted by Gasteiger charge is -2.23.